The molecule has 1 aliphatic carbocycles. The van der Waals surface area contributed by atoms with Crippen LogP contribution in [0.1, 0.15) is 34.1 Å². The lowest BCUT2D eigenvalue weighted by molar-refractivity contribution is -0.139. The van der Waals surface area contributed by atoms with E-state index in [1.54, 1.807) is 0 Å². The predicted molar refractivity (Wildman–Crippen MR) is 52.4 cm³/mol. The zero-order valence-electron chi connectivity index (χ0n) is 8.79. The molecule has 13 heavy (non-hydrogen) atoms. The maximum atomic E-state index is 10.8. The zero-order chi connectivity index (χ0) is 10.2. The van der Waals surface area contributed by atoms with Crippen LogP contribution >= 0.6 is 0 Å². The number of aliphatic carboxylic acids is 1. The number of allylic oxidation sites excluding steroid dienone is 2. The number of hydrogen-bond donors (Lipinski definition) is 1. The van der Waals surface area contributed by atoms with Crippen molar-refractivity contribution in [1.29, 1.82) is 0 Å². The molecule has 2 atom stereocenters. The molecule has 0 spiro atoms. The minimum atomic E-state index is -0.640. The number of carbonyl (C=O) groups is 1. The van der Waals surface area contributed by atoms with Gasteiger partial charge in [-0.3, -0.25) is 4.79 Å². The lowest BCUT2D eigenvalue weighted by Gasteiger charge is -2.01. The average Bonchev–Trinajstić information content (AvgIpc) is 2.53. The second kappa shape index (κ2) is 3.17. The van der Waals surface area contributed by atoms with Crippen LogP contribution in [0.2, 0.25) is 0 Å². The van der Waals surface area contributed by atoms with E-state index in [-0.39, 0.29) is 11.3 Å². The van der Waals surface area contributed by atoms with Crippen LogP contribution in [0.15, 0.2) is 11.6 Å². The minimum Gasteiger partial charge on any atom is -0.481 e. The summed E-state index contributed by atoms with van der Waals surface area (Å²) in [4.78, 5) is 10.8. The molecule has 2 nitrogen and oxygen atoms in total. The van der Waals surface area contributed by atoms with Crippen molar-refractivity contribution in [1.82, 2.24) is 0 Å². The van der Waals surface area contributed by atoms with Gasteiger partial charge >= 0.3 is 5.97 Å². The van der Waals surface area contributed by atoms with Crippen LogP contribution < -0.4 is 0 Å². The number of carboxylic acid groups (broad SMARTS) is 1. The molecule has 1 rings (SSSR count). The fraction of sp³-hybridized carbons (Fsp3) is 0.727. The van der Waals surface area contributed by atoms with E-state index in [9.17, 15) is 4.79 Å². The van der Waals surface area contributed by atoms with Crippen molar-refractivity contribution in [3.8, 4) is 0 Å². The van der Waals surface area contributed by atoms with Gasteiger partial charge in [-0.05, 0) is 31.6 Å². The highest BCUT2D eigenvalue weighted by molar-refractivity contribution is 5.75. The van der Waals surface area contributed by atoms with Crippen molar-refractivity contribution in [2.45, 2.75) is 34.1 Å². The number of carboxylic acids is 1. The minimum absolute atomic E-state index is 0.00387. The number of hydrogen-bond acceptors (Lipinski definition) is 1. The van der Waals surface area contributed by atoms with Gasteiger partial charge < -0.3 is 5.11 Å². The smallest absolute Gasteiger partial charge is 0.307 e. The fourth-order valence-electron chi connectivity index (χ4n) is 2.08. The Balaban J connectivity index is 2.61. The van der Waals surface area contributed by atoms with Gasteiger partial charge in [0.15, 0.2) is 0 Å². The maximum absolute atomic E-state index is 10.8. The summed E-state index contributed by atoms with van der Waals surface area (Å²) in [5.41, 5.74) is 1.29. The van der Waals surface area contributed by atoms with Gasteiger partial charge in [0.05, 0.1) is 5.92 Å². The highest BCUT2D eigenvalue weighted by atomic mass is 16.4. The summed E-state index contributed by atoms with van der Waals surface area (Å²) in [6.07, 6.45) is 2.99. The highest BCUT2D eigenvalue weighted by Crippen LogP contribution is 2.60. The summed E-state index contributed by atoms with van der Waals surface area (Å²) in [7, 11) is 0. The first-order valence-corrected chi connectivity index (χ1v) is 4.75. The highest BCUT2D eigenvalue weighted by Gasteiger charge is 2.61. The molecule has 0 aromatic heterocycles. The maximum Gasteiger partial charge on any atom is 0.307 e. The quantitative estimate of drug-likeness (QED) is 0.681. The first-order valence-electron chi connectivity index (χ1n) is 4.75. The molecule has 0 amide bonds. The Morgan fingerprint density at radius 3 is 2.38 bits per heavy atom. The lowest BCUT2D eigenvalue weighted by Crippen LogP contribution is -2.03. The SMILES string of the molecule is C/C=C(\C)CC1C(C(=O)O)C1(C)C. The largest absolute Gasteiger partial charge is 0.481 e. The first kappa shape index (κ1) is 10.3. The van der Waals surface area contributed by atoms with Crippen molar-refractivity contribution < 1.29 is 9.90 Å². The monoisotopic (exact) mass is 182 g/mol. The Morgan fingerprint density at radius 2 is 2.08 bits per heavy atom. The van der Waals surface area contributed by atoms with Crippen LogP contribution in [-0.2, 0) is 4.79 Å². The summed E-state index contributed by atoms with van der Waals surface area (Å²) in [5.74, 6) is -0.442. The zero-order valence-corrected chi connectivity index (χ0v) is 8.79. The van der Waals surface area contributed by atoms with E-state index in [2.05, 4.69) is 13.0 Å². The van der Waals surface area contributed by atoms with E-state index >= 15 is 0 Å². The standard InChI is InChI=1S/C11H18O2/c1-5-7(2)6-8-9(10(12)13)11(8,3)4/h5,8-9H,6H2,1-4H3,(H,12,13)/b7-5+. The molecular formula is C11H18O2. The van der Waals surface area contributed by atoms with Gasteiger partial charge in [0.25, 0.3) is 0 Å². The van der Waals surface area contributed by atoms with Crippen molar-refractivity contribution in [2.24, 2.45) is 17.3 Å². The Kier molecular flexibility index (Phi) is 2.51. The topological polar surface area (TPSA) is 37.3 Å². The second-order valence-corrected chi connectivity index (χ2v) is 4.58. The molecule has 2 heteroatoms. The van der Waals surface area contributed by atoms with Crippen LogP contribution in [0.4, 0.5) is 0 Å². The molecule has 0 aromatic rings. The fourth-order valence-corrected chi connectivity index (χ4v) is 2.08. The summed E-state index contributed by atoms with van der Waals surface area (Å²) in [6.45, 7) is 8.15. The van der Waals surface area contributed by atoms with E-state index in [4.69, 9.17) is 5.11 Å². The van der Waals surface area contributed by atoms with Crippen LogP contribution in [-0.4, -0.2) is 11.1 Å². The molecule has 1 aliphatic rings. The Labute approximate surface area is 79.6 Å². The third-order valence-electron chi connectivity index (χ3n) is 3.35. The third-order valence-corrected chi connectivity index (χ3v) is 3.35. The lowest BCUT2D eigenvalue weighted by atomic mass is 10.0. The van der Waals surface area contributed by atoms with Gasteiger partial charge in [-0.2, -0.15) is 0 Å². The van der Waals surface area contributed by atoms with E-state index in [1.165, 1.54) is 5.57 Å². The van der Waals surface area contributed by atoms with Gasteiger partial charge in [0, 0.05) is 0 Å². The molecule has 74 valence electrons. The molecule has 0 bridgehead atoms. The summed E-state index contributed by atoms with van der Waals surface area (Å²) < 4.78 is 0. The van der Waals surface area contributed by atoms with E-state index < -0.39 is 5.97 Å². The van der Waals surface area contributed by atoms with E-state index in [0.29, 0.717) is 5.92 Å². The molecule has 0 saturated heterocycles. The van der Waals surface area contributed by atoms with Gasteiger partial charge in [0.2, 0.25) is 0 Å². The molecule has 1 saturated carbocycles. The van der Waals surface area contributed by atoms with Crippen molar-refractivity contribution in [3.05, 3.63) is 11.6 Å². The normalized spacial score (nSPS) is 31.5. The van der Waals surface area contributed by atoms with Gasteiger partial charge in [0.1, 0.15) is 0 Å². The van der Waals surface area contributed by atoms with Gasteiger partial charge in [-0.1, -0.05) is 25.5 Å². The van der Waals surface area contributed by atoms with E-state index in [0.717, 1.165) is 6.42 Å². The molecule has 0 radical (unpaired) electrons. The number of rotatable bonds is 3. The Bertz CT molecular complexity index is 251. The average molecular weight is 182 g/mol. The second-order valence-electron chi connectivity index (χ2n) is 4.58. The molecule has 0 heterocycles. The van der Waals surface area contributed by atoms with Gasteiger partial charge in [-0.25, -0.2) is 0 Å². The molecule has 0 aromatic carbocycles. The van der Waals surface area contributed by atoms with Crippen LogP contribution in [0.25, 0.3) is 0 Å². The van der Waals surface area contributed by atoms with Crippen molar-refractivity contribution >= 4 is 5.97 Å². The molecule has 0 aliphatic heterocycles. The summed E-state index contributed by atoms with van der Waals surface area (Å²) in [6, 6.07) is 0. The summed E-state index contributed by atoms with van der Waals surface area (Å²) >= 11 is 0. The molecule has 1 fully saturated rings. The van der Waals surface area contributed by atoms with Crippen LogP contribution in [0.3, 0.4) is 0 Å². The third kappa shape index (κ3) is 1.77. The first-order chi connectivity index (χ1) is 5.91. The molecular weight excluding hydrogens is 164 g/mol. The van der Waals surface area contributed by atoms with Crippen molar-refractivity contribution in [3.63, 3.8) is 0 Å². The van der Waals surface area contributed by atoms with Gasteiger partial charge in [-0.15, -0.1) is 0 Å². The molecule has 2 unspecified atom stereocenters. The Morgan fingerprint density at radius 1 is 1.54 bits per heavy atom. The predicted octanol–water partition coefficient (Wildman–Crippen LogP) is 2.70. The van der Waals surface area contributed by atoms with E-state index in [1.807, 2.05) is 20.8 Å². The van der Waals surface area contributed by atoms with Crippen molar-refractivity contribution in [2.75, 3.05) is 0 Å². The van der Waals surface area contributed by atoms with Crippen LogP contribution in [0.5, 0.6) is 0 Å². The van der Waals surface area contributed by atoms with Crippen LogP contribution in [0, 0.1) is 17.3 Å². The molecule has 1 N–H and O–H groups in total. The Hall–Kier alpha value is -0.790. The summed E-state index contributed by atoms with van der Waals surface area (Å²) in [5, 5.41) is 8.93.